The van der Waals surface area contributed by atoms with Crippen LogP contribution in [0.15, 0.2) is 0 Å². The Morgan fingerprint density at radius 3 is 2.39 bits per heavy atom. The lowest BCUT2D eigenvalue weighted by Gasteiger charge is -2.34. The highest BCUT2D eigenvalue weighted by atomic mass is 16.5. The van der Waals surface area contributed by atoms with Gasteiger partial charge in [-0.05, 0) is 32.1 Å². The Morgan fingerprint density at radius 2 is 1.94 bits per heavy atom. The van der Waals surface area contributed by atoms with E-state index in [4.69, 9.17) is 4.74 Å². The van der Waals surface area contributed by atoms with Gasteiger partial charge in [-0.3, -0.25) is 4.79 Å². The van der Waals surface area contributed by atoms with Crippen molar-refractivity contribution in [3.8, 4) is 0 Å². The Bertz CT molecular complexity index is 295. The first-order chi connectivity index (χ1) is 8.13. The van der Waals surface area contributed by atoms with Crippen LogP contribution < -0.4 is 10.6 Å². The first kappa shape index (κ1) is 15.4. The largest absolute Gasteiger partial charge is 0.380 e. The van der Waals surface area contributed by atoms with Crippen LogP contribution in [-0.2, 0) is 9.53 Å². The molecule has 1 heterocycles. The zero-order chi connectivity index (χ0) is 14.0. The number of methoxy groups -OCH3 is 1. The van der Waals surface area contributed by atoms with Crippen molar-refractivity contribution in [3.05, 3.63) is 0 Å². The van der Waals surface area contributed by atoms with Gasteiger partial charge in [0.05, 0.1) is 12.1 Å². The van der Waals surface area contributed by atoms with Crippen molar-refractivity contribution in [3.63, 3.8) is 0 Å². The summed E-state index contributed by atoms with van der Waals surface area (Å²) in [5, 5.41) is 6.35. The van der Waals surface area contributed by atoms with E-state index in [1.54, 1.807) is 7.11 Å². The van der Waals surface area contributed by atoms with E-state index < -0.39 is 0 Å². The molecule has 106 valence electrons. The molecule has 1 fully saturated rings. The minimum absolute atomic E-state index is 0.0869. The van der Waals surface area contributed by atoms with Gasteiger partial charge in [-0.25, -0.2) is 0 Å². The number of hydrogen-bond acceptors (Lipinski definition) is 3. The van der Waals surface area contributed by atoms with Gasteiger partial charge in [0, 0.05) is 19.2 Å². The van der Waals surface area contributed by atoms with Crippen LogP contribution >= 0.6 is 0 Å². The summed E-state index contributed by atoms with van der Waals surface area (Å²) < 4.78 is 5.26. The van der Waals surface area contributed by atoms with E-state index in [0.717, 1.165) is 19.4 Å². The molecule has 0 bridgehead atoms. The van der Waals surface area contributed by atoms with E-state index in [0.29, 0.717) is 0 Å². The molecule has 0 radical (unpaired) electrons. The predicted octanol–water partition coefficient (Wildman–Crippen LogP) is 1.69. The average Bonchev–Trinajstić information content (AvgIpc) is 2.60. The SMILES string of the molecule is COC1CNC(C(=O)NC(C)(C)CC(C)(C)C)C1. The van der Waals surface area contributed by atoms with Gasteiger partial charge >= 0.3 is 0 Å². The van der Waals surface area contributed by atoms with Crippen LogP contribution in [0.3, 0.4) is 0 Å². The number of carbonyl (C=O) groups excluding carboxylic acids is 1. The maximum absolute atomic E-state index is 12.2. The molecule has 0 aromatic carbocycles. The molecule has 0 saturated carbocycles. The van der Waals surface area contributed by atoms with E-state index in [9.17, 15) is 4.79 Å². The molecule has 2 atom stereocenters. The molecule has 1 aliphatic heterocycles. The normalized spacial score (nSPS) is 25.2. The molecule has 4 heteroatoms. The zero-order valence-corrected chi connectivity index (χ0v) is 12.6. The third kappa shape index (κ3) is 4.94. The van der Waals surface area contributed by atoms with Crippen LogP contribution in [0, 0.1) is 5.41 Å². The van der Waals surface area contributed by atoms with Gasteiger partial charge in [0.2, 0.25) is 5.91 Å². The molecule has 0 spiro atoms. The highest BCUT2D eigenvalue weighted by molar-refractivity contribution is 5.82. The fourth-order valence-electron chi connectivity index (χ4n) is 2.87. The summed E-state index contributed by atoms with van der Waals surface area (Å²) in [5.41, 5.74) is 0.0249. The highest BCUT2D eigenvalue weighted by Crippen LogP contribution is 2.27. The lowest BCUT2D eigenvalue weighted by Crippen LogP contribution is -2.51. The molecule has 0 aliphatic carbocycles. The van der Waals surface area contributed by atoms with Crippen LogP contribution in [0.4, 0.5) is 0 Å². The lowest BCUT2D eigenvalue weighted by atomic mass is 9.81. The third-order valence-electron chi connectivity index (χ3n) is 3.17. The summed E-state index contributed by atoms with van der Waals surface area (Å²) in [6.07, 6.45) is 1.87. The monoisotopic (exact) mass is 256 g/mol. The van der Waals surface area contributed by atoms with Gasteiger partial charge in [0.25, 0.3) is 0 Å². The van der Waals surface area contributed by atoms with Crippen molar-refractivity contribution in [2.24, 2.45) is 5.41 Å². The Morgan fingerprint density at radius 1 is 1.33 bits per heavy atom. The summed E-state index contributed by atoms with van der Waals surface area (Å²) >= 11 is 0. The van der Waals surface area contributed by atoms with Gasteiger partial charge in [0.1, 0.15) is 0 Å². The summed E-state index contributed by atoms with van der Waals surface area (Å²) in [4.78, 5) is 12.2. The molecule has 1 aliphatic rings. The zero-order valence-electron chi connectivity index (χ0n) is 12.6. The number of amides is 1. The molecule has 0 aromatic rings. The predicted molar refractivity (Wildman–Crippen MR) is 73.5 cm³/mol. The van der Waals surface area contributed by atoms with Gasteiger partial charge in [0.15, 0.2) is 0 Å². The first-order valence-corrected chi connectivity index (χ1v) is 6.71. The van der Waals surface area contributed by atoms with Crippen LogP contribution in [0.2, 0.25) is 0 Å². The second-order valence-electron chi connectivity index (χ2n) is 7.16. The number of hydrogen-bond donors (Lipinski definition) is 2. The third-order valence-corrected chi connectivity index (χ3v) is 3.17. The quantitative estimate of drug-likeness (QED) is 0.805. The van der Waals surface area contributed by atoms with Crippen molar-refractivity contribution in [1.82, 2.24) is 10.6 Å². The van der Waals surface area contributed by atoms with Crippen LogP contribution in [0.25, 0.3) is 0 Å². The fourth-order valence-corrected chi connectivity index (χ4v) is 2.87. The highest BCUT2D eigenvalue weighted by Gasteiger charge is 2.33. The smallest absolute Gasteiger partial charge is 0.237 e. The molecule has 2 unspecified atom stereocenters. The number of nitrogens with one attached hydrogen (secondary N) is 2. The molecule has 1 rings (SSSR count). The van der Waals surface area contributed by atoms with E-state index in [-0.39, 0.29) is 29.0 Å². The Balaban J connectivity index is 2.49. The maximum atomic E-state index is 12.2. The van der Waals surface area contributed by atoms with Crippen LogP contribution in [-0.4, -0.2) is 37.2 Å². The molecule has 18 heavy (non-hydrogen) atoms. The first-order valence-electron chi connectivity index (χ1n) is 6.71. The topological polar surface area (TPSA) is 50.4 Å². The Hall–Kier alpha value is -0.610. The molecule has 2 N–H and O–H groups in total. The second kappa shape index (κ2) is 5.57. The van der Waals surface area contributed by atoms with E-state index in [2.05, 4.69) is 45.3 Å². The van der Waals surface area contributed by atoms with Gasteiger partial charge in [-0.15, -0.1) is 0 Å². The van der Waals surface area contributed by atoms with Crippen molar-refractivity contribution >= 4 is 5.91 Å². The molecule has 4 nitrogen and oxygen atoms in total. The van der Waals surface area contributed by atoms with Crippen molar-refractivity contribution in [1.29, 1.82) is 0 Å². The van der Waals surface area contributed by atoms with Gasteiger partial charge < -0.3 is 15.4 Å². The maximum Gasteiger partial charge on any atom is 0.237 e. The lowest BCUT2D eigenvalue weighted by molar-refractivity contribution is -0.124. The summed E-state index contributed by atoms with van der Waals surface area (Å²) in [7, 11) is 1.69. The average molecular weight is 256 g/mol. The summed E-state index contributed by atoms with van der Waals surface area (Å²) in [5.74, 6) is 0.0869. The van der Waals surface area contributed by atoms with Crippen LogP contribution in [0.5, 0.6) is 0 Å². The van der Waals surface area contributed by atoms with Crippen LogP contribution in [0.1, 0.15) is 47.5 Å². The number of ether oxygens (including phenoxy) is 1. The van der Waals surface area contributed by atoms with E-state index >= 15 is 0 Å². The Labute approximate surface area is 111 Å². The molecule has 0 aromatic heterocycles. The molecule has 1 amide bonds. The second-order valence-corrected chi connectivity index (χ2v) is 7.16. The van der Waals surface area contributed by atoms with E-state index in [1.165, 1.54) is 0 Å². The number of carbonyl (C=O) groups is 1. The fraction of sp³-hybridized carbons (Fsp3) is 0.929. The molecular formula is C14H28N2O2. The Kier molecular flexibility index (Phi) is 4.78. The minimum Gasteiger partial charge on any atom is -0.380 e. The van der Waals surface area contributed by atoms with Crippen molar-refractivity contribution in [2.75, 3.05) is 13.7 Å². The van der Waals surface area contributed by atoms with Crippen molar-refractivity contribution < 1.29 is 9.53 Å². The summed E-state index contributed by atoms with van der Waals surface area (Å²) in [6, 6.07) is -0.116. The van der Waals surface area contributed by atoms with Gasteiger partial charge in [-0.1, -0.05) is 20.8 Å². The number of rotatable bonds is 4. The van der Waals surface area contributed by atoms with Gasteiger partial charge in [-0.2, -0.15) is 0 Å². The molecular weight excluding hydrogens is 228 g/mol. The standard InChI is InChI=1S/C14H28N2O2/c1-13(2,3)9-14(4,5)16-12(17)11-7-10(18-6)8-15-11/h10-11,15H,7-9H2,1-6H3,(H,16,17). The van der Waals surface area contributed by atoms with E-state index in [1.807, 2.05) is 0 Å². The van der Waals surface area contributed by atoms with Crippen molar-refractivity contribution in [2.45, 2.75) is 65.1 Å². The minimum atomic E-state index is -0.178. The summed E-state index contributed by atoms with van der Waals surface area (Å²) in [6.45, 7) is 11.5. The molecule has 1 saturated heterocycles.